The van der Waals surface area contributed by atoms with Crippen molar-refractivity contribution in [3.8, 4) is 0 Å². The maximum absolute atomic E-state index is 4.38. The number of H-pyrrole nitrogens is 1. The molecule has 0 aliphatic heterocycles. The highest BCUT2D eigenvalue weighted by molar-refractivity contribution is 9.10. The lowest BCUT2D eigenvalue weighted by atomic mass is 10.2. The average molecular weight is 314 g/mol. The van der Waals surface area contributed by atoms with E-state index in [1.807, 2.05) is 55.5 Å². The first-order valence-electron chi connectivity index (χ1n) is 5.98. The van der Waals surface area contributed by atoms with E-state index in [1.165, 1.54) is 0 Å². The molecule has 4 heteroatoms. The molecule has 0 fully saturated rings. The second-order valence-corrected chi connectivity index (χ2v) is 5.24. The molecule has 0 saturated heterocycles. The third kappa shape index (κ3) is 2.44. The van der Waals surface area contributed by atoms with E-state index >= 15 is 0 Å². The fraction of sp³-hybridized carbons (Fsp3) is 0.0667. The molecule has 0 radical (unpaired) electrons. The topological polar surface area (TPSA) is 40.5 Å². The van der Waals surface area contributed by atoms with Crippen LogP contribution in [-0.4, -0.2) is 4.98 Å². The zero-order valence-electron chi connectivity index (χ0n) is 10.4. The number of halogens is 1. The van der Waals surface area contributed by atoms with Crippen LogP contribution in [-0.2, 0) is 0 Å². The molecular weight excluding hydrogens is 302 g/mol. The Kier molecular flexibility index (Phi) is 3.17. The first-order chi connectivity index (χ1) is 9.24. The van der Waals surface area contributed by atoms with Crippen molar-refractivity contribution in [2.24, 2.45) is 10.2 Å². The van der Waals surface area contributed by atoms with E-state index in [4.69, 9.17) is 0 Å². The van der Waals surface area contributed by atoms with E-state index in [1.54, 1.807) is 0 Å². The van der Waals surface area contributed by atoms with Crippen LogP contribution in [0.2, 0.25) is 0 Å². The third-order valence-electron chi connectivity index (χ3n) is 2.93. The Bertz CT molecular complexity index is 759. The van der Waals surface area contributed by atoms with Gasteiger partial charge in [0.2, 0.25) is 0 Å². The van der Waals surface area contributed by atoms with Gasteiger partial charge in [-0.1, -0.05) is 40.2 Å². The Balaban J connectivity index is 2.03. The van der Waals surface area contributed by atoms with Crippen molar-refractivity contribution in [1.29, 1.82) is 0 Å². The van der Waals surface area contributed by atoms with Gasteiger partial charge in [0.05, 0.1) is 5.69 Å². The Labute approximate surface area is 119 Å². The lowest BCUT2D eigenvalue weighted by Gasteiger charge is -1.94. The van der Waals surface area contributed by atoms with Gasteiger partial charge in [-0.05, 0) is 31.2 Å². The molecule has 0 unspecified atom stereocenters. The van der Waals surface area contributed by atoms with Crippen LogP contribution in [0.4, 0.5) is 11.4 Å². The van der Waals surface area contributed by atoms with Gasteiger partial charge in [0.15, 0.2) is 0 Å². The summed E-state index contributed by atoms with van der Waals surface area (Å²) in [4.78, 5) is 3.31. The summed E-state index contributed by atoms with van der Waals surface area (Å²) in [6.07, 6.45) is 0. The predicted octanol–water partition coefficient (Wildman–Crippen LogP) is 5.65. The molecule has 3 aromatic rings. The maximum atomic E-state index is 4.38. The number of hydrogen-bond donors (Lipinski definition) is 1. The number of nitrogens with one attached hydrogen (secondary N) is 1. The van der Waals surface area contributed by atoms with E-state index in [2.05, 4.69) is 31.1 Å². The van der Waals surface area contributed by atoms with Crippen LogP contribution in [0.5, 0.6) is 0 Å². The molecule has 2 aromatic carbocycles. The van der Waals surface area contributed by atoms with E-state index in [9.17, 15) is 0 Å². The summed E-state index contributed by atoms with van der Waals surface area (Å²) in [6.45, 7) is 2.01. The van der Waals surface area contributed by atoms with Gasteiger partial charge in [0.1, 0.15) is 5.69 Å². The summed E-state index contributed by atoms with van der Waals surface area (Å²) in [5.41, 5.74) is 3.85. The molecule has 94 valence electrons. The molecule has 1 N–H and O–H groups in total. The lowest BCUT2D eigenvalue weighted by molar-refractivity contribution is 1.20. The molecule has 19 heavy (non-hydrogen) atoms. The first kappa shape index (κ1) is 12.1. The number of para-hydroxylation sites is 1. The highest BCUT2D eigenvalue weighted by Gasteiger charge is 2.06. The number of aryl methyl sites for hydroxylation is 1. The van der Waals surface area contributed by atoms with Gasteiger partial charge < -0.3 is 4.98 Å². The van der Waals surface area contributed by atoms with Crippen LogP contribution in [0.1, 0.15) is 5.69 Å². The second kappa shape index (κ2) is 4.97. The minimum atomic E-state index is 0.832. The van der Waals surface area contributed by atoms with Crippen molar-refractivity contribution in [2.45, 2.75) is 6.92 Å². The van der Waals surface area contributed by atoms with E-state index in [-0.39, 0.29) is 0 Å². The van der Waals surface area contributed by atoms with Crippen LogP contribution < -0.4 is 0 Å². The van der Waals surface area contributed by atoms with Gasteiger partial charge >= 0.3 is 0 Å². The molecule has 0 aliphatic carbocycles. The molecule has 3 rings (SSSR count). The number of nitrogens with zero attached hydrogens (tertiary/aromatic N) is 2. The van der Waals surface area contributed by atoms with E-state index in [0.29, 0.717) is 0 Å². The van der Waals surface area contributed by atoms with Crippen LogP contribution >= 0.6 is 15.9 Å². The normalized spacial score (nSPS) is 11.5. The van der Waals surface area contributed by atoms with Crippen LogP contribution in [0, 0.1) is 6.92 Å². The van der Waals surface area contributed by atoms with Crippen LogP contribution in [0.25, 0.3) is 10.9 Å². The summed E-state index contributed by atoms with van der Waals surface area (Å²) in [6, 6.07) is 15.9. The zero-order valence-corrected chi connectivity index (χ0v) is 12.0. The molecule has 0 spiro atoms. The molecule has 0 amide bonds. The van der Waals surface area contributed by atoms with Crippen molar-refractivity contribution in [3.63, 3.8) is 0 Å². The average Bonchev–Trinajstić information content (AvgIpc) is 2.72. The molecule has 1 heterocycles. The first-order valence-corrected chi connectivity index (χ1v) is 6.78. The number of benzene rings is 2. The molecule has 1 aromatic heterocycles. The lowest BCUT2D eigenvalue weighted by Crippen LogP contribution is -1.68. The summed E-state index contributed by atoms with van der Waals surface area (Å²) in [5, 5.41) is 9.77. The summed E-state index contributed by atoms with van der Waals surface area (Å²) in [7, 11) is 0. The van der Waals surface area contributed by atoms with Crippen LogP contribution in [0.15, 0.2) is 63.2 Å². The molecule has 3 nitrogen and oxygen atoms in total. The Morgan fingerprint density at radius 2 is 1.84 bits per heavy atom. The highest BCUT2D eigenvalue weighted by Crippen LogP contribution is 2.31. The smallest absolute Gasteiger partial charge is 0.114 e. The van der Waals surface area contributed by atoms with Crippen LogP contribution in [0.3, 0.4) is 0 Å². The number of aromatic amines is 1. The SMILES string of the molecule is Cc1[nH]c2ccccc2c1N=Nc1cccc(Br)c1. The highest BCUT2D eigenvalue weighted by atomic mass is 79.9. The largest absolute Gasteiger partial charge is 0.357 e. The molecule has 0 atom stereocenters. The van der Waals surface area contributed by atoms with E-state index < -0.39 is 0 Å². The number of aromatic nitrogens is 1. The summed E-state index contributed by atoms with van der Waals surface area (Å²) in [5.74, 6) is 0. The molecule has 0 saturated carbocycles. The number of hydrogen-bond acceptors (Lipinski definition) is 2. The van der Waals surface area contributed by atoms with Gasteiger partial charge in [-0.2, -0.15) is 5.11 Å². The second-order valence-electron chi connectivity index (χ2n) is 4.32. The Morgan fingerprint density at radius 3 is 2.68 bits per heavy atom. The van der Waals surface area contributed by atoms with Crippen molar-refractivity contribution < 1.29 is 0 Å². The monoisotopic (exact) mass is 313 g/mol. The molecule has 0 bridgehead atoms. The van der Waals surface area contributed by atoms with Gasteiger partial charge in [0.25, 0.3) is 0 Å². The standard InChI is InChI=1S/C15H12BrN3/c1-10-15(13-7-2-3-8-14(13)17-10)19-18-12-6-4-5-11(16)9-12/h2-9,17H,1H3. The van der Waals surface area contributed by atoms with E-state index in [0.717, 1.165) is 32.4 Å². The zero-order chi connectivity index (χ0) is 13.2. The third-order valence-corrected chi connectivity index (χ3v) is 3.43. The van der Waals surface area contributed by atoms with Crippen molar-refractivity contribution in [3.05, 3.63) is 58.7 Å². The fourth-order valence-corrected chi connectivity index (χ4v) is 2.42. The van der Waals surface area contributed by atoms with Crippen molar-refractivity contribution >= 4 is 38.2 Å². The van der Waals surface area contributed by atoms with Gasteiger partial charge in [-0.25, -0.2) is 0 Å². The minimum Gasteiger partial charge on any atom is -0.357 e. The molecular formula is C15H12BrN3. The number of azo groups is 1. The van der Waals surface area contributed by atoms with Gasteiger partial charge in [-0.15, -0.1) is 5.11 Å². The fourth-order valence-electron chi connectivity index (χ4n) is 2.04. The maximum Gasteiger partial charge on any atom is 0.114 e. The van der Waals surface area contributed by atoms with Gasteiger partial charge in [0, 0.05) is 21.1 Å². The number of rotatable bonds is 2. The molecule has 0 aliphatic rings. The van der Waals surface area contributed by atoms with Gasteiger partial charge in [-0.3, -0.25) is 0 Å². The summed E-state index contributed by atoms with van der Waals surface area (Å²) >= 11 is 3.43. The minimum absolute atomic E-state index is 0.832. The summed E-state index contributed by atoms with van der Waals surface area (Å²) < 4.78 is 1.000. The quantitative estimate of drug-likeness (QED) is 0.593. The van der Waals surface area contributed by atoms with Crippen molar-refractivity contribution in [2.75, 3.05) is 0 Å². The van der Waals surface area contributed by atoms with Crippen molar-refractivity contribution in [1.82, 2.24) is 4.98 Å². The Morgan fingerprint density at radius 1 is 1.00 bits per heavy atom. The predicted molar refractivity (Wildman–Crippen MR) is 81.4 cm³/mol. The Hall–Kier alpha value is -1.94. The number of fused-ring (bicyclic) bond motifs is 1.